The fourth-order valence-electron chi connectivity index (χ4n) is 1.34. The van der Waals surface area contributed by atoms with Gasteiger partial charge in [-0.3, -0.25) is 4.98 Å². The molecule has 0 saturated heterocycles. The van der Waals surface area contributed by atoms with Crippen LogP contribution in [0, 0.1) is 0 Å². The van der Waals surface area contributed by atoms with Gasteiger partial charge in [-0.2, -0.15) is 0 Å². The molecule has 0 radical (unpaired) electrons. The molecule has 14 heavy (non-hydrogen) atoms. The van der Waals surface area contributed by atoms with Crippen molar-refractivity contribution in [3.8, 4) is 11.1 Å². The maximum Gasteiger partial charge on any atom is 0.0296 e. The van der Waals surface area contributed by atoms with Gasteiger partial charge in [0.1, 0.15) is 0 Å². The lowest BCUT2D eigenvalue weighted by atomic mass is 10.1. The molecule has 72 valence electrons. The quantitative estimate of drug-likeness (QED) is 0.831. The van der Waals surface area contributed by atoms with Gasteiger partial charge in [-0.15, -0.1) is 11.3 Å². The Morgan fingerprint density at radius 3 is 2.79 bits per heavy atom. The minimum absolute atomic E-state index is 0.940. The predicted octanol–water partition coefficient (Wildman–Crippen LogP) is 2.53. The van der Waals surface area contributed by atoms with E-state index < -0.39 is 0 Å². The highest BCUT2D eigenvalue weighted by molar-refractivity contribution is 7.10. The molecular formula is C11H12N2S. The van der Waals surface area contributed by atoms with E-state index in [2.05, 4.69) is 21.7 Å². The van der Waals surface area contributed by atoms with Crippen molar-refractivity contribution in [2.24, 2.45) is 0 Å². The summed E-state index contributed by atoms with van der Waals surface area (Å²) in [6, 6.07) is 6.28. The largest absolute Gasteiger partial charge is 0.315 e. The van der Waals surface area contributed by atoms with Gasteiger partial charge in [0.2, 0.25) is 0 Å². The van der Waals surface area contributed by atoms with Crippen LogP contribution in [0.4, 0.5) is 0 Å². The summed E-state index contributed by atoms with van der Waals surface area (Å²) in [6.07, 6.45) is 3.65. The van der Waals surface area contributed by atoms with Crippen LogP contribution in [0.15, 0.2) is 36.0 Å². The third-order valence-electron chi connectivity index (χ3n) is 2.02. The molecule has 0 aliphatic heterocycles. The standard InChI is InChI=1S/C11H12N2S/c1-12-7-11-6-10(8-14-11)9-2-4-13-5-3-9/h2-6,8,12H,7H2,1H3. The van der Waals surface area contributed by atoms with Crippen molar-refractivity contribution in [1.82, 2.24) is 10.3 Å². The fraction of sp³-hybridized carbons (Fsp3) is 0.182. The normalized spacial score (nSPS) is 10.4. The van der Waals surface area contributed by atoms with Gasteiger partial charge in [0.25, 0.3) is 0 Å². The zero-order valence-corrected chi connectivity index (χ0v) is 8.84. The number of nitrogens with zero attached hydrogens (tertiary/aromatic N) is 1. The summed E-state index contributed by atoms with van der Waals surface area (Å²) in [5.74, 6) is 0. The van der Waals surface area contributed by atoms with Crippen LogP contribution in [-0.2, 0) is 6.54 Å². The van der Waals surface area contributed by atoms with Crippen molar-refractivity contribution in [2.75, 3.05) is 7.05 Å². The average molecular weight is 204 g/mol. The Morgan fingerprint density at radius 2 is 2.07 bits per heavy atom. The van der Waals surface area contributed by atoms with Gasteiger partial charge in [0.15, 0.2) is 0 Å². The second-order valence-corrected chi connectivity index (χ2v) is 4.06. The van der Waals surface area contributed by atoms with E-state index in [1.165, 1.54) is 16.0 Å². The second-order valence-electron chi connectivity index (χ2n) is 3.07. The molecule has 2 rings (SSSR count). The molecule has 0 fully saturated rings. The second kappa shape index (κ2) is 4.35. The third kappa shape index (κ3) is 2.00. The molecule has 0 bridgehead atoms. The van der Waals surface area contributed by atoms with E-state index in [0.29, 0.717) is 0 Å². The summed E-state index contributed by atoms with van der Waals surface area (Å²) in [4.78, 5) is 5.37. The lowest BCUT2D eigenvalue weighted by molar-refractivity contribution is 0.831. The number of nitrogens with one attached hydrogen (secondary N) is 1. The number of aromatic nitrogens is 1. The zero-order valence-electron chi connectivity index (χ0n) is 8.03. The Morgan fingerprint density at radius 1 is 1.29 bits per heavy atom. The van der Waals surface area contributed by atoms with Crippen molar-refractivity contribution in [1.29, 1.82) is 0 Å². The van der Waals surface area contributed by atoms with Crippen molar-refractivity contribution in [3.05, 3.63) is 40.8 Å². The number of rotatable bonds is 3. The van der Waals surface area contributed by atoms with Gasteiger partial charge in [-0.1, -0.05) is 0 Å². The first kappa shape index (κ1) is 9.37. The van der Waals surface area contributed by atoms with Crippen molar-refractivity contribution in [2.45, 2.75) is 6.54 Å². The number of hydrogen-bond donors (Lipinski definition) is 1. The van der Waals surface area contributed by atoms with Crippen LogP contribution < -0.4 is 5.32 Å². The Hall–Kier alpha value is -1.19. The molecule has 0 aliphatic carbocycles. The Balaban J connectivity index is 2.25. The highest BCUT2D eigenvalue weighted by Gasteiger charge is 2.00. The van der Waals surface area contributed by atoms with E-state index in [9.17, 15) is 0 Å². The van der Waals surface area contributed by atoms with Crippen LogP contribution in [0.5, 0.6) is 0 Å². The van der Waals surface area contributed by atoms with Crippen LogP contribution in [0.1, 0.15) is 4.88 Å². The molecule has 0 atom stereocenters. The minimum Gasteiger partial charge on any atom is -0.315 e. The smallest absolute Gasteiger partial charge is 0.0296 e. The summed E-state index contributed by atoms with van der Waals surface area (Å²) in [7, 11) is 1.96. The predicted molar refractivity (Wildman–Crippen MR) is 60.3 cm³/mol. The average Bonchev–Trinajstić information content (AvgIpc) is 2.68. The molecule has 2 nitrogen and oxygen atoms in total. The van der Waals surface area contributed by atoms with E-state index in [1.54, 1.807) is 11.3 Å². The van der Waals surface area contributed by atoms with Crippen LogP contribution in [0.2, 0.25) is 0 Å². The highest BCUT2D eigenvalue weighted by Crippen LogP contribution is 2.24. The fourth-order valence-corrected chi connectivity index (χ4v) is 2.25. The van der Waals surface area contributed by atoms with Gasteiger partial charge in [0.05, 0.1) is 0 Å². The molecule has 0 saturated carbocycles. The Labute approximate surface area is 87.6 Å². The third-order valence-corrected chi connectivity index (χ3v) is 2.96. The molecule has 0 amide bonds. The van der Waals surface area contributed by atoms with Gasteiger partial charge in [0, 0.05) is 23.8 Å². The molecule has 2 aromatic heterocycles. The first-order valence-electron chi connectivity index (χ1n) is 4.52. The summed E-state index contributed by atoms with van der Waals surface area (Å²) >= 11 is 1.79. The Bertz CT molecular complexity index is 395. The maximum absolute atomic E-state index is 4.01. The molecular weight excluding hydrogens is 192 g/mol. The number of pyridine rings is 1. The van der Waals surface area contributed by atoms with Crippen LogP contribution >= 0.6 is 11.3 Å². The van der Waals surface area contributed by atoms with Gasteiger partial charge in [-0.25, -0.2) is 0 Å². The van der Waals surface area contributed by atoms with Crippen LogP contribution in [0.3, 0.4) is 0 Å². The summed E-state index contributed by atoms with van der Waals surface area (Å²) < 4.78 is 0. The molecule has 1 N–H and O–H groups in total. The van der Waals surface area contributed by atoms with E-state index in [1.807, 2.05) is 31.6 Å². The molecule has 2 aromatic rings. The topological polar surface area (TPSA) is 24.9 Å². The van der Waals surface area contributed by atoms with Crippen molar-refractivity contribution >= 4 is 11.3 Å². The van der Waals surface area contributed by atoms with E-state index >= 15 is 0 Å². The van der Waals surface area contributed by atoms with Crippen molar-refractivity contribution in [3.63, 3.8) is 0 Å². The monoisotopic (exact) mass is 204 g/mol. The zero-order chi connectivity index (χ0) is 9.80. The molecule has 0 aliphatic rings. The van der Waals surface area contributed by atoms with E-state index in [4.69, 9.17) is 0 Å². The first-order valence-corrected chi connectivity index (χ1v) is 5.40. The van der Waals surface area contributed by atoms with E-state index in [-0.39, 0.29) is 0 Å². The van der Waals surface area contributed by atoms with Gasteiger partial charge < -0.3 is 5.32 Å². The molecule has 0 aromatic carbocycles. The van der Waals surface area contributed by atoms with Crippen LogP contribution in [-0.4, -0.2) is 12.0 Å². The number of hydrogen-bond acceptors (Lipinski definition) is 3. The summed E-state index contributed by atoms with van der Waals surface area (Å²) in [5, 5.41) is 5.33. The summed E-state index contributed by atoms with van der Waals surface area (Å²) in [5.41, 5.74) is 2.52. The highest BCUT2D eigenvalue weighted by atomic mass is 32.1. The Kier molecular flexibility index (Phi) is 2.91. The molecule has 2 heterocycles. The van der Waals surface area contributed by atoms with Gasteiger partial charge in [-0.05, 0) is 41.8 Å². The first-order chi connectivity index (χ1) is 6.90. The van der Waals surface area contributed by atoms with E-state index in [0.717, 1.165) is 6.54 Å². The van der Waals surface area contributed by atoms with Crippen molar-refractivity contribution < 1.29 is 0 Å². The molecule has 0 spiro atoms. The minimum atomic E-state index is 0.940. The maximum atomic E-state index is 4.01. The van der Waals surface area contributed by atoms with Crippen LogP contribution in [0.25, 0.3) is 11.1 Å². The lowest BCUT2D eigenvalue weighted by Crippen LogP contribution is -2.02. The molecule has 3 heteroatoms. The summed E-state index contributed by atoms with van der Waals surface area (Å²) in [6.45, 7) is 0.940. The number of thiophene rings is 1. The SMILES string of the molecule is CNCc1cc(-c2ccncc2)cs1. The lowest BCUT2D eigenvalue weighted by Gasteiger charge is -1.95. The molecule has 0 unspecified atom stereocenters. The van der Waals surface area contributed by atoms with Gasteiger partial charge >= 0.3 is 0 Å².